The van der Waals surface area contributed by atoms with Crippen LogP contribution in [0.5, 0.6) is 0 Å². The van der Waals surface area contributed by atoms with Crippen LogP contribution in [0.4, 0.5) is 0 Å². The minimum Gasteiger partial charge on any atom is -0.371 e. The van der Waals surface area contributed by atoms with Crippen LogP contribution in [-0.2, 0) is 16.1 Å². The maximum Gasteiger partial charge on any atom is 0.248 e. The zero-order valence-electron chi connectivity index (χ0n) is 14.4. The highest BCUT2D eigenvalue weighted by Crippen LogP contribution is 2.35. The Labute approximate surface area is 138 Å². The van der Waals surface area contributed by atoms with Gasteiger partial charge in [0.15, 0.2) is 0 Å². The predicted octanol–water partition coefficient (Wildman–Crippen LogP) is 1.85. The first-order valence-corrected chi connectivity index (χ1v) is 8.49. The van der Waals surface area contributed by atoms with Crippen molar-refractivity contribution >= 4 is 5.91 Å². The highest BCUT2D eigenvalue weighted by molar-refractivity contribution is 5.78. The number of nitrogens with zero attached hydrogens (tertiary/aromatic N) is 3. The number of hydrogen-bond donors (Lipinski definition) is 0. The van der Waals surface area contributed by atoms with E-state index in [4.69, 9.17) is 4.74 Å². The van der Waals surface area contributed by atoms with Crippen molar-refractivity contribution in [2.75, 3.05) is 32.8 Å². The average Bonchev–Trinajstić information content (AvgIpc) is 2.81. The molecular formula is C18H27N3O2. The van der Waals surface area contributed by atoms with Crippen molar-refractivity contribution in [3.8, 4) is 0 Å². The van der Waals surface area contributed by atoms with E-state index in [0.717, 1.165) is 38.3 Å². The van der Waals surface area contributed by atoms with Gasteiger partial charge in [0.05, 0.1) is 12.3 Å². The van der Waals surface area contributed by atoms with Gasteiger partial charge in [-0.05, 0) is 45.4 Å². The summed E-state index contributed by atoms with van der Waals surface area (Å²) in [7, 11) is 0. The van der Waals surface area contributed by atoms with Crippen LogP contribution in [0.1, 0.15) is 31.5 Å². The van der Waals surface area contributed by atoms with Crippen molar-refractivity contribution in [1.29, 1.82) is 0 Å². The fourth-order valence-corrected chi connectivity index (χ4v) is 3.71. The summed E-state index contributed by atoms with van der Waals surface area (Å²) in [5.74, 6) is 0.121. The smallest absolute Gasteiger partial charge is 0.248 e. The molecule has 2 saturated heterocycles. The molecule has 23 heavy (non-hydrogen) atoms. The summed E-state index contributed by atoms with van der Waals surface area (Å²) in [4.78, 5) is 21.1. The van der Waals surface area contributed by atoms with Crippen LogP contribution in [0.3, 0.4) is 0 Å². The molecule has 1 atom stereocenters. The third kappa shape index (κ3) is 3.56. The van der Waals surface area contributed by atoms with E-state index in [2.05, 4.69) is 36.7 Å². The normalized spacial score (nSPS) is 26.3. The molecular weight excluding hydrogens is 290 g/mol. The number of carbonyl (C=O) groups is 1. The molecule has 3 heterocycles. The van der Waals surface area contributed by atoms with E-state index >= 15 is 0 Å². The van der Waals surface area contributed by atoms with Gasteiger partial charge in [-0.1, -0.05) is 6.07 Å². The van der Waals surface area contributed by atoms with Gasteiger partial charge in [0.1, 0.15) is 6.61 Å². The van der Waals surface area contributed by atoms with Gasteiger partial charge in [-0.3, -0.25) is 14.7 Å². The van der Waals surface area contributed by atoms with E-state index in [0.29, 0.717) is 6.61 Å². The molecule has 0 aliphatic carbocycles. The van der Waals surface area contributed by atoms with Crippen LogP contribution in [0.25, 0.3) is 0 Å². The monoisotopic (exact) mass is 317 g/mol. The minimum atomic E-state index is 0.0686. The number of ether oxygens (including phenoxy) is 1. The Morgan fingerprint density at radius 1 is 1.39 bits per heavy atom. The molecule has 0 N–H and O–H groups in total. The van der Waals surface area contributed by atoms with Crippen LogP contribution in [0.15, 0.2) is 18.3 Å². The Kier molecular flexibility index (Phi) is 4.69. The quantitative estimate of drug-likeness (QED) is 0.853. The molecule has 5 nitrogen and oxygen atoms in total. The van der Waals surface area contributed by atoms with Gasteiger partial charge in [-0.2, -0.15) is 0 Å². The third-order valence-corrected chi connectivity index (χ3v) is 5.09. The second kappa shape index (κ2) is 6.57. The molecule has 1 spiro atoms. The Hall–Kier alpha value is -1.46. The predicted molar refractivity (Wildman–Crippen MR) is 89.0 cm³/mol. The van der Waals surface area contributed by atoms with Crippen LogP contribution >= 0.6 is 0 Å². The van der Waals surface area contributed by atoms with Crippen molar-refractivity contribution in [2.24, 2.45) is 5.41 Å². The van der Waals surface area contributed by atoms with Gasteiger partial charge >= 0.3 is 0 Å². The third-order valence-electron chi connectivity index (χ3n) is 5.09. The lowest BCUT2D eigenvalue weighted by Gasteiger charge is -2.34. The highest BCUT2D eigenvalue weighted by Gasteiger charge is 2.43. The lowest BCUT2D eigenvalue weighted by Crippen LogP contribution is -2.45. The summed E-state index contributed by atoms with van der Waals surface area (Å²) in [6, 6.07) is 4.32. The first-order chi connectivity index (χ1) is 11.0. The summed E-state index contributed by atoms with van der Waals surface area (Å²) in [6.07, 6.45) is 2.94. The lowest BCUT2D eigenvalue weighted by atomic mass is 9.87. The van der Waals surface area contributed by atoms with Crippen LogP contribution in [0.2, 0.25) is 0 Å². The molecule has 2 fully saturated rings. The summed E-state index contributed by atoms with van der Waals surface area (Å²) < 4.78 is 5.71. The topological polar surface area (TPSA) is 45.7 Å². The number of hydrogen-bond acceptors (Lipinski definition) is 4. The Balaban J connectivity index is 1.70. The molecule has 1 amide bonds. The fraction of sp³-hybridized carbons (Fsp3) is 0.667. The summed E-state index contributed by atoms with van der Waals surface area (Å²) in [6.45, 7) is 10.9. The van der Waals surface area contributed by atoms with E-state index in [-0.39, 0.29) is 24.0 Å². The molecule has 1 aromatic heterocycles. The van der Waals surface area contributed by atoms with E-state index in [1.165, 1.54) is 5.56 Å². The minimum absolute atomic E-state index is 0.0686. The van der Waals surface area contributed by atoms with Gasteiger partial charge in [0, 0.05) is 37.3 Å². The number of aromatic nitrogens is 1. The molecule has 0 bridgehead atoms. The molecule has 2 aliphatic rings. The standard InChI is InChI=1S/C18H27N3O2/c1-14(2)21-12-18(13-23-10-17(21)22)6-8-20(11-18)9-16-15(3)5-4-7-19-16/h4-5,7,14H,6,8-13H2,1-3H3. The summed E-state index contributed by atoms with van der Waals surface area (Å²) >= 11 is 0. The first kappa shape index (κ1) is 16.4. The summed E-state index contributed by atoms with van der Waals surface area (Å²) in [5.41, 5.74) is 2.46. The largest absolute Gasteiger partial charge is 0.371 e. The number of amides is 1. The van der Waals surface area contributed by atoms with E-state index in [1.807, 2.05) is 17.2 Å². The molecule has 2 aliphatic heterocycles. The zero-order chi connectivity index (χ0) is 16.4. The number of aryl methyl sites for hydroxylation is 1. The molecule has 1 unspecified atom stereocenters. The van der Waals surface area contributed by atoms with Gasteiger partial charge in [0.25, 0.3) is 0 Å². The van der Waals surface area contributed by atoms with Gasteiger partial charge in [0.2, 0.25) is 5.91 Å². The van der Waals surface area contributed by atoms with E-state index < -0.39 is 0 Å². The number of rotatable bonds is 3. The molecule has 0 aromatic carbocycles. The SMILES string of the molecule is Cc1cccnc1CN1CCC2(COCC(=O)N(C(C)C)C2)C1. The summed E-state index contributed by atoms with van der Waals surface area (Å²) in [5, 5.41) is 0. The van der Waals surface area contributed by atoms with E-state index in [9.17, 15) is 4.79 Å². The number of carbonyl (C=O) groups excluding carboxylic acids is 1. The van der Waals surface area contributed by atoms with E-state index in [1.54, 1.807) is 0 Å². The highest BCUT2D eigenvalue weighted by atomic mass is 16.5. The fourth-order valence-electron chi connectivity index (χ4n) is 3.71. The molecule has 5 heteroatoms. The second-order valence-electron chi connectivity index (χ2n) is 7.34. The zero-order valence-corrected chi connectivity index (χ0v) is 14.4. The Morgan fingerprint density at radius 3 is 2.96 bits per heavy atom. The molecule has 1 aromatic rings. The molecule has 0 saturated carbocycles. The average molecular weight is 317 g/mol. The number of pyridine rings is 1. The Bertz CT molecular complexity index is 575. The lowest BCUT2D eigenvalue weighted by molar-refractivity contribution is -0.135. The Morgan fingerprint density at radius 2 is 2.22 bits per heavy atom. The second-order valence-corrected chi connectivity index (χ2v) is 7.34. The van der Waals surface area contributed by atoms with Crippen molar-refractivity contribution in [2.45, 2.75) is 39.8 Å². The van der Waals surface area contributed by atoms with Crippen LogP contribution in [-0.4, -0.2) is 59.6 Å². The number of likely N-dealkylation sites (tertiary alicyclic amines) is 1. The van der Waals surface area contributed by atoms with Gasteiger partial charge in [-0.25, -0.2) is 0 Å². The first-order valence-electron chi connectivity index (χ1n) is 8.49. The molecule has 0 radical (unpaired) electrons. The van der Waals surface area contributed by atoms with Gasteiger partial charge in [-0.15, -0.1) is 0 Å². The van der Waals surface area contributed by atoms with Gasteiger partial charge < -0.3 is 9.64 Å². The maximum atomic E-state index is 12.2. The maximum absolute atomic E-state index is 12.2. The van der Waals surface area contributed by atoms with Crippen molar-refractivity contribution in [1.82, 2.24) is 14.8 Å². The van der Waals surface area contributed by atoms with Crippen LogP contribution in [0, 0.1) is 12.3 Å². The molecule has 126 valence electrons. The van der Waals surface area contributed by atoms with Crippen molar-refractivity contribution in [3.05, 3.63) is 29.6 Å². The molecule has 3 rings (SSSR count). The van der Waals surface area contributed by atoms with Crippen molar-refractivity contribution in [3.63, 3.8) is 0 Å². The van der Waals surface area contributed by atoms with Crippen molar-refractivity contribution < 1.29 is 9.53 Å². The van der Waals surface area contributed by atoms with Crippen LogP contribution < -0.4 is 0 Å².